The molecule has 0 radical (unpaired) electrons. The van der Waals surface area contributed by atoms with Crippen molar-refractivity contribution in [2.45, 2.75) is 12.5 Å². The maximum Gasteiger partial charge on any atom is 0.356 e. The van der Waals surface area contributed by atoms with Gasteiger partial charge in [0.25, 0.3) is 0 Å². The highest BCUT2D eigenvalue weighted by Gasteiger charge is 2.22. The fourth-order valence-electron chi connectivity index (χ4n) is 2.31. The molecule has 1 atom stereocenters. The van der Waals surface area contributed by atoms with Crippen LogP contribution < -0.4 is 4.90 Å². The minimum atomic E-state index is -1.04. The minimum Gasteiger partial charge on any atom is -0.476 e. The van der Waals surface area contributed by atoms with Crippen molar-refractivity contribution in [2.75, 3.05) is 18.0 Å². The predicted molar refractivity (Wildman–Crippen MR) is 65.0 cm³/mol. The number of carboxylic acid groups (broad SMARTS) is 1. The molecular weight excluding hydrogens is 234 g/mol. The molecule has 0 aromatic carbocycles. The van der Waals surface area contributed by atoms with Gasteiger partial charge in [-0.05, 0) is 18.6 Å². The van der Waals surface area contributed by atoms with Crippen LogP contribution in [0.3, 0.4) is 0 Å². The zero-order valence-corrected chi connectivity index (χ0v) is 9.65. The number of aromatic carboxylic acids is 1. The van der Waals surface area contributed by atoms with Crippen LogP contribution in [0.4, 0.5) is 5.82 Å². The van der Waals surface area contributed by atoms with Crippen LogP contribution in [-0.2, 0) is 0 Å². The summed E-state index contributed by atoms with van der Waals surface area (Å²) >= 11 is 0. The highest BCUT2D eigenvalue weighted by Crippen LogP contribution is 2.22. The number of imidazole rings is 1. The summed E-state index contributed by atoms with van der Waals surface area (Å²) in [7, 11) is 0. The number of pyridine rings is 1. The Hall–Kier alpha value is -2.08. The van der Waals surface area contributed by atoms with E-state index >= 15 is 0 Å². The monoisotopic (exact) mass is 247 g/mol. The molecule has 1 aliphatic heterocycles. The Bertz CT molecular complexity index is 608. The maximum absolute atomic E-state index is 10.9. The Morgan fingerprint density at radius 3 is 2.94 bits per heavy atom. The topological polar surface area (TPSA) is 78.1 Å². The first-order chi connectivity index (χ1) is 8.65. The van der Waals surface area contributed by atoms with Crippen LogP contribution in [0, 0.1) is 0 Å². The summed E-state index contributed by atoms with van der Waals surface area (Å²) in [5.41, 5.74) is 0.633. The van der Waals surface area contributed by atoms with Crippen LogP contribution in [0.15, 0.2) is 24.4 Å². The molecule has 0 bridgehead atoms. The van der Waals surface area contributed by atoms with Crippen LogP contribution >= 0.6 is 0 Å². The van der Waals surface area contributed by atoms with Crippen LogP contribution in [0.2, 0.25) is 0 Å². The number of hydrogen-bond acceptors (Lipinski definition) is 4. The van der Waals surface area contributed by atoms with E-state index in [2.05, 4.69) is 4.98 Å². The molecule has 0 spiro atoms. The van der Waals surface area contributed by atoms with Crippen molar-refractivity contribution in [2.24, 2.45) is 0 Å². The molecule has 94 valence electrons. The summed E-state index contributed by atoms with van der Waals surface area (Å²) in [5.74, 6) is -0.171. The van der Waals surface area contributed by atoms with Gasteiger partial charge in [-0.25, -0.2) is 9.78 Å². The standard InChI is InChI=1S/C12H13N3O3/c16-8-4-5-14(6-8)11-3-1-2-10-13-9(12(17)18)7-15(10)11/h1-3,7-8,16H,4-6H2,(H,17,18)/t8-/m0/s1. The Morgan fingerprint density at radius 1 is 1.44 bits per heavy atom. The number of hydrogen-bond donors (Lipinski definition) is 2. The summed E-state index contributed by atoms with van der Waals surface area (Å²) in [6.45, 7) is 1.33. The van der Waals surface area contributed by atoms with E-state index in [1.807, 2.05) is 17.0 Å². The van der Waals surface area contributed by atoms with Crippen LogP contribution in [0.25, 0.3) is 5.65 Å². The van der Waals surface area contributed by atoms with Crippen molar-refractivity contribution in [1.82, 2.24) is 9.38 Å². The lowest BCUT2D eigenvalue weighted by Crippen LogP contribution is -2.23. The molecule has 6 nitrogen and oxygen atoms in total. The number of carbonyl (C=O) groups is 1. The van der Waals surface area contributed by atoms with Crippen molar-refractivity contribution in [3.63, 3.8) is 0 Å². The SMILES string of the molecule is O=C(O)c1cn2c(N3CC[C@H](O)C3)cccc2n1. The van der Waals surface area contributed by atoms with Gasteiger partial charge in [0.05, 0.1) is 6.10 Å². The van der Waals surface area contributed by atoms with Gasteiger partial charge in [0.15, 0.2) is 5.69 Å². The van der Waals surface area contributed by atoms with E-state index < -0.39 is 5.97 Å². The number of aliphatic hydroxyl groups excluding tert-OH is 1. The summed E-state index contributed by atoms with van der Waals surface area (Å²) < 4.78 is 1.75. The Kier molecular flexibility index (Phi) is 2.45. The van der Waals surface area contributed by atoms with Gasteiger partial charge in [-0.2, -0.15) is 0 Å². The van der Waals surface area contributed by atoms with Gasteiger partial charge in [-0.15, -0.1) is 0 Å². The van der Waals surface area contributed by atoms with E-state index in [-0.39, 0.29) is 11.8 Å². The van der Waals surface area contributed by atoms with Gasteiger partial charge >= 0.3 is 5.97 Å². The molecule has 6 heteroatoms. The number of fused-ring (bicyclic) bond motifs is 1. The average Bonchev–Trinajstić information content (AvgIpc) is 2.94. The zero-order chi connectivity index (χ0) is 12.7. The van der Waals surface area contributed by atoms with Gasteiger partial charge in [-0.3, -0.25) is 4.40 Å². The van der Waals surface area contributed by atoms with Gasteiger partial charge in [0.2, 0.25) is 0 Å². The summed E-state index contributed by atoms with van der Waals surface area (Å²) in [5, 5.41) is 18.5. The number of carboxylic acids is 1. The molecule has 3 heterocycles. The van der Waals surface area contributed by atoms with E-state index in [0.29, 0.717) is 12.2 Å². The highest BCUT2D eigenvalue weighted by atomic mass is 16.4. The average molecular weight is 247 g/mol. The number of nitrogens with zero attached hydrogens (tertiary/aromatic N) is 3. The van der Waals surface area contributed by atoms with Crippen molar-refractivity contribution < 1.29 is 15.0 Å². The molecule has 3 rings (SSSR count). The lowest BCUT2D eigenvalue weighted by molar-refractivity contribution is 0.0691. The second kappa shape index (κ2) is 3.99. The normalized spacial score (nSPS) is 19.6. The second-order valence-corrected chi connectivity index (χ2v) is 4.43. The molecule has 2 N–H and O–H groups in total. The van der Waals surface area contributed by atoms with Gasteiger partial charge in [0, 0.05) is 19.3 Å². The number of anilines is 1. The number of β-amino-alcohol motifs (C(OH)–C–C–N with tert-alkyl or cyclic N) is 1. The van der Waals surface area contributed by atoms with E-state index in [1.54, 1.807) is 10.5 Å². The molecule has 0 amide bonds. The molecule has 18 heavy (non-hydrogen) atoms. The summed E-state index contributed by atoms with van der Waals surface area (Å²) in [4.78, 5) is 17.0. The number of rotatable bonds is 2. The Morgan fingerprint density at radius 2 is 2.28 bits per heavy atom. The van der Waals surface area contributed by atoms with Crippen LogP contribution in [-0.4, -0.2) is 44.8 Å². The second-order valence-electron chi connectivity index (χ2n) is 4.43. The quantitative estimate of drug-likeness (QED) is 0.812. The van der Waals surface area contributed by atoms with E-state index in [0.717, 1.165) is 18.8 Å². The zero-order valence-electron chi connectivity index (χ0n) is 9.65. The fourth-order valence-corrected chi connectivity index (χ4v) is 2.31. The Labute approximate surface area is 103 Å². The third-order valence-electron chi connectivity index (χ3n) is 3.18. The lowest BCUT2D eigenvalue weighted by Gasteiger charge is -2.18. The lowest BCUT2D eigenvalue weighted by atomic mass is 10.3. The molecule has 2 aromatic heterocycles. The minimum absolute atomic E-state index is 0.0298. The van der Waals surface area contributed by atoms with Crippen molar-refractivity contribution >= 4 is 17.4 Å². The van der Waals surface area contributed by atoms with E-state index in [9.17, 15) is 9.90 Å². The molecule has 2 aromatic rings. The van der Waals surface area contributed by atoms with Crippen molar-refractivity contribution in [1.29, 1.82) is 0 Å². The maximum atomic E-state index is 10.9. The number of aromatic nitrogens is 2. The largest absolute Gasteiger partial charge is 0.476 e. The predicted octanol–water partition coefficient (Wildman–Crippen LogP) is 0.603. The number of aliphatic hydroxyl groups is 1. The first-order valence-corrected chi connectivity index (χ1v) is 5.79. The summed E-state index contributed by atoms with van der Waals surface area (Å²) in [6.07, 6.45) is 1.93. The van der Waals surface area contributed by atoms with E-state index in [1.165, 1.54) is 6.20 Å². The molecule has 0 saturated carbocycles. The van der Waals surface area contributed by atoms with Gasteiger partial charge in [0.1, 0.15) is 11.5 Å². The Balaban J connectivity index is 2.09. The first-order valence-electron chi connectivity index (χ1n) is 5.79. The van der Waals surface area contributed by atoms with Crippen molar-refractivity contribution in [3.05, 3.63) is 30.1 Å². The van der Waals surface area contributed by atoms with Crippen molar-refractivity contribution in [3.8, 4) is 0 Å². The molecule has 1 aliphatic rings. The molecule has 0 aliphatic carbocycles. The van der Waals surface area contributed by atoms with E-state index in [4.69, 9.17) is 5.11 Å². The van der Waals surface area contributed by atoms with Crippen LogP contribution in [0.5, 0.6) is 0 Å². The van der Waals surface area contributed by atoms with Crippen LogP contribution in [0.1, 0.15) is 16.9 Å². The third-order valence-corrected chi connectivity index (χ3v) is 3.18. The third kappa shape index (κ3) is 1.70. The summed E-state index contributed by atoms with van der Waals surface area (Å²) in [6, 6.07) is 5.51. The first kappa shape index (κ1) is 11.0. The molecule has 1 saturated heterocycles. The highest BCUT2D eigenvalue weighted by molar-refractivity contribution is 5.86. The smallest absolute Gasteiger partial charge is 0.356 e. The van der Waals surface area contributed by atoms with Gasteiger partial charge in [-0.1, -0.05) is 6.07 Å². The molecule has 0 unspecified atom stereocenters. The molecular formula is C12H13N3O3. The molecule has 1 fully saturated rings. The van der Waals surface area contributed by atoms with Gasteiger partial charge < -0.3 is 15.1 Å². The fraction of sp³-hybridized carbons (Fsp3) is 0.333.